The normalized spacial score (nSPS) is 12.1. The number of hydrogen-bond donors (Lipinski definition) is 2. The van der Waals surface area contributed by atoms with E-state index in [9.17, 15) is 4.79 Å². The summed E-state index contributed by atoms with van der Waals surface area (Å²) in [6, 6.07) is 21.2. The van der Waals surface area contributed by atoms with Crippen LogP contribution in [0.3, 0.4) is 0 Å². The first-order valence-electron chi connectivity index (χ1n) is 8.93. The van der Waals surface area contributed by atoms with E-state index in [0.717, 1.165) is 22.0 Å². The van der Waals surface area contributed by atoms with Crippen LogP contribution >= 0.6 is 0 Å². The van der Waals surface area contributed by atoms with E-state index in [-0.39, 0.29) is 5.91 Å². The molecule has 0 saturated heterocycles. The average Bonchev–Trinajstić information content (AvgIpc) is 2.72. The maximum Gasteiger partial charge on any atom is 0.262 e. The highest BCUT2D eigenvalue weighted by molar-refractivity contribution is 6.00. The van der Waals surface area contributed by atoms with E-state index in [1.807, 2.05) is 61.5 Å². The van der Waals surface area contributed by atoms with Gasteiger partial charge in [0.1, 0.15) is 11.8 Å². The number of nitrogens with zero attached hydrogens (tertiary/aromatic N) is 1. The molecule has 0 fully saturated rings. The second kappa shape index (κ2) is 8.85. The molecule has 0 heterocycles. The van der Waals surface area contributed by atoms with Crippen LogP contribution in [-0.2, 0) is 4.79 Å². The number of rotatable bonds is 7. The molecular weight excluding hydrogens is 338 g/mol. The number of anilines is 1. The van der Waals surface area contributed by atoms with E-state index in [1.165, 1.54) is 0 Å². The topological polar surface area (TPSA) is 62.7 Å². The summed E-state index contributed by atoms with van der Waals surface area (Å²) in [5, 5.41) is 9.60. The number of fused-ring (bicyclic) bond motifs is 1. The van der Waals surface area contributed by atoms with Crippen LogP contribution in [0.2, 0.25) is 0 Å². The Kier molecular flexibility index (Phi) is 6.05. The van der Waals surface area contributed by atoms with Crippen LogP contribution in [0.5, 0.6) is 5.75 Å². The number of ether oxygens (including phenoxy) is 1. The van der Waals surface area contributed by atoms with Gasteiger partial charge in [0, 0.05) is 5.56 Å². The predicted octanol–water partition coefficient (Wildman–Crippen LogP) is 4.19. The van der Waals surface area contributed by atoms with Gasteiger partial charge in [0.05, 0.1) is 19.0 Å². The molecular formula is C22H23N3O2. The number of hydrazone groups is 1. The highest BCUT2D eigenvalue weighted by atomic mass is 16.5. The first kappa shape index (κ1) is 18.5. The molecule has 0 saturated carbocycles. The second-order valence-corrected chi connectivity index (χ2v) is 6.11. The molecule has 1 amide bonds. The molecule has 3 rings (SSSR count). The van der Waals surface area contributed by atoms with Crippen LogP contribution in [0.15, 0.2) is 71.8 Å². The molecule has 0 radical (unpaired) electrons. The molecule has 1 atom stereocenters. The molecule has 5 nitrogen and oxygen atoms in total. The van der Waals surface area contributed by atoms with Gasteiger partial charge in [-0.1, -0.05) is 61.5 Å². The van der Waals surface area contributed by atoms with Crippen molar-refractivity contribution >= 4 is 28.6 Å². The van der Waals surface area contributed by atoms with Crippen LogP contribution in [0.25, 0.3) is 10.8 Å². The van der Waals surface area contributed by atoms with Crippen LogP contribution < -0.4 is 15.5 Å². The summed E-state index contributed by atoms with van der Waals surface area (Å²) >= 11 is 0. The molecule has 0 aliphatic carbocycles. The molecule has 3 aromatic carbocycles. The summed E-state index contributed by atoms with van der Waals surface area (Å²) in [6.07, 6.45) is 2.30. The van der Waals surface area contributed by atoms with Crippen molar-refractivity contribution in [2.45, 2.75) is 19.4 Å². The zero-order chi connectivity index (χ0) is 19.1. The molecule has 1 unspecified atom stereocenters. The molecule has 0 aliphatic rings. The lowest BCUT2D eigenvalue weighted by Crippen LogP contribution is -2.37. The van der Waals surface area contributed by atoms with Gasteiger partial charge in [-0.05, 0) is 29.3 Å². The Labute approximate surface area is 159 Å². The lowest BCUT2D eigenvalue weighted by atomic mass is 10.1. The van der Waals surface area contributed by atoms with Crippen LogP contribution in [0.4, 0.5) is 5.69 Å². The van der Waals surface area contributed by atoms with Gasteiger partial charge in [0.2, 0.25) is 0 Å². The number of nitrogens with one attached hydrogen (secondary N) is 2. The number of carbonyl (C=O) groups is 1. The highest BCUT2D eigenvalue weighted by Crippen LogP contribution is 2.24. The first-order valence-corrected chi connectivity index (χ1v) is 8.93. The first-order chi connectivity index (χ1) is 13.2. The van der Waals surface area contributed by atoms with E-state index in [2.05, 4.69) is 28.0 Å². The summed E-state index contributed by atoms with van der Waals surface area (Å²) in [7, 11) is 1.61. The van der Waals surface area contributed by atoms with Gasteiger partial charge in [-0.15, -0.1) is 0 Å². The van der Waals surface area contributed by atoms with Crippen molar-refractivity contribution < 1.29 is 9.53 Å². The van der Waals surface area contributed by atoms with Gasteiger partial charge < -0.3 is 10.1 Å². The Bertz CT molecular complexity index is 948. The molecule has 0 aromatic heterocycles. The summed E-state index contributed by atoms with van der Waals surface area (Å²) in [4.78, 5) is 12.5. The minimum absolute atomic E-state index is 0.195. The monoisotopic (exact) mass is 361 g/mol. The summed E-state index contributed by atoms with van der Waals surface area (Å²) in [5.41, 5.74) is 4.37. The van der Waals surface area contributed by atoms with Crippen molar-refractivity contribution in [3.63, 3.8) is 0 Å². The van der Waals surface area contributed by atoms with Gasteiger partial charge in [-0.25, -0.2) is 5.43 Å². The standard InChI is InChI=1S/C22H23N3O2/c1-3-19(24-20-13-6-7-14-21(20)27-2)22(26)25-23-15-17-11-8-10-16-9-4-5-12-18(16)17/h4-15,19,24H,3H2,1-2H3,(H,25,26)/b23-15-. The quantitative estimate of drug-likeness (QED) is 0.490. The molecule has 3 aromatic rings. The fraction of sp³-hybridized carbons (Fsp3) is 0.182. The molecule has 0 spiro atoms. The molecule has 27 heavy (non-hydrogen) atoms. The average molecular weight is 361 g/mol. The van der Waals surface area contributed by atoms with E-state index in [0.29, 0.717) is 12.2 Å². The van der Waals surface area contributed by atoms with Crippen LogP contribution in [-0.4, -0.2) is 25.3 Å². The Balaban J connectivity index is 1.69. The lowest BCUT2D eigenvalue weighted by Gasteiger charge is -2.18. The van der Waals surface area contributed by atoms with Gasteiger partial charge >= 0.3 is 0 Å². The molecule has 0 aliphatic heterocycles. The third kappa shape index (κ3) is 4.44. The van der Waals surface area contributed by atoms with Crippen molar-refractivity contribution in [2.75, 3.05) is 12.4 Å². The highest BCUT2D eigenvalue weighted by Gasteiger charge is 2.17. The Morgan fingerprint density at radius 1 is 1.07 bits per heavy atom. The SMILES string of the molecule is CCC(Nc1ccccc1OC)C(=O)N/N=C\c1cccc2ccccc12. The van der Waals surface area contributed by atoms with Gasteiger partial charge in [0.25, 0.3) is 5.91 Å². The van der Waals surface area contributed by atoms with E-state index < -0.39 is 6.04 Å². The minimum Gasteiger partial charge on any atom is -0.495 e. The summed E-state index contributed by atoms with van der Waals surface area (Å²) in [6.45, 7) is 1.95. The Morgan fingerprint density at radius 2 is 1.81 bits per heavy atom. The zero-order valence-electron chi connectivity index (χ0n) is 15.5. The summed E-state index contributed by atoms with van der Waals surface area (Å²) < 4.78 is 5.33. The number of amides is 1. The third-order valence-electron chi connectivity index (χ3n) is 4.36. The second-order valence-electron chi connectivity index (χ2n) is 6.11. The van der Waals surface area contributed by atoms with Crippen molar-refractivity contribution in [1.82, 2.24) is 5.43 Å². The van der Waals surface area contributed by atoms with E-state index in [1.54, 1.807) is 13.3 Å². The van der Waals surface area contributed by atoms with Gasteiger partial charge in [0.15, 0.2) is 0 Å². The Hall–Kier alpha value is -3.34. The van der Waals surface area contributed by atoms with Crippen molar-refractivity contribution in [1.29, 1.82) is 0 Å². The summed E-state index contributed by atoms with van der Waals surface area (Å²) in [5.74, 6) is 0.503. The maximum atomic E-state index is 12.5. The minimum atomic E-state index is -0.411. The van der Waals surface area contributed by atoms with Crippen molar-refractivity contribution in [3.8, 4) is 5.75 Å². The largest absolute Gasteiger partial charge is 0.495 e. The number of benzene rings is 3. The number of para-hydroxylation sites is 2. The van der Waals surface area contributed by atoms with Gasteiger partial charge in [-0.3, -0.25) is 4.79 Å². The fourth-order valence-electron chi connectivity index (χ4n) is 2.91. The van der Waals surface area contributed by atoms with Gasteiger partial charge in [-0.2, -0.15) is 5.10 Å². The smallest absolute Gasteiger partial charge is 0.262 e. The number of hydrogen-bond acceptors (Lipinski definition) is 4. The molecule has 2 N–H and O–H groups in total. The molecule has 138 valence electrons. The predicted molar refractivity (Wildman–Crippen MR) is 110 cm³/mol. The van der Waals surface area contributed by atoms with Crippen LogP contribution in [0.1, 0.15) is 18.9 Å². The molecule has 5 heteroatoms. The van der Waals surface area contributed by atoms with E-state index >= 15 is 0 Å². The molecule has 0 bridgehead atoms. The van der Waals surface area contributed by atoms with Crippen LogP contribution in [0, 0.1) is 0 Å². The number of carbonyl (C=O) groups excluding carboxylic acids is 1. The van der Waals surface area contributed by atoms with Crippen molar-refractivity contribution in [2.24, 2.45) is 5.10 Å². The lowest BCUT2D eigenvalue weighted by molar-refractivity contribution is -0.121. The van der Waals surface area contributed by atoms with E-state index in [4.69, 9.17) is 4.74 Å². The third-order valence-corrected chi connectivity index (χ3v) is 4.36. The Morgan fingerprint density at radius 3 is 2.63 bits per heavy atom. The fourth-order valence-corrected chi connectivity index (χ4v) is 2.91. The number of methoxy groups -OCH3 is 1. The zero-order valence-corrected chi connectivity index (χ0v) is 15.5. The maximum absolute atomic E-state index is 12.5. The van der Waals surface area contributed by atoms with Crippen molar-refractivity contribution in [3.05, 3.63) is 72.3 Å².